The number of halogens is 1. The quantitative estimate of drug-likeness (QED) is 0.769. The average molecular weight is 302 g/mol. The summed E-state index contributed by atoms with van der Waals surface area (Å²) in [7, 11) is 0. The van der Waals surface area contributed by atoms with Crippen LogP contribution in [-0.4, -0.2) is 22.4 Å². The number of rotatable bonds is 7. The van der Waals surface area contributed by atoms with Crippen molar-refractivity contribution in [2.75, 3.05) is 17.2 Å². The van der Waals surface area contributed by atoms with Crippen LogP contribution >= 0.6 is 0 Å². The molecule has 0 bridgehead atoms. The van der Waals surface area contributed by atoms with E-state index in [1.54, 1.807) is 0 Å². The summed E-state index contributed by atoms with van der Waals surface area (Å²) < 4.78 is 12.8. The number of carbonyl (C=O) groups excluding carboxylic acids is 1. The topological polar surface area (TPSA) is 66.9 Å². The van der Waals surface area contributed by atoms with Crippen LogP contribution in [0.4, 0.5) is 15.9 Å². The molecule has 1 aromatic carbocycles. The molecule has 0 aliphatic carbocycles. The van der Waals surface area contributed by atoms with Crippen LogP contribution in [-0.2, 0) is 0 Å². The van der Waals surface area contributed by atoms with Gasteiger partial charge in [0, 0.05) is 12.2 Å². The molecule has 0 saturated heterocycles. The van der Waals surface area contributed by atoms with Gasteiger partial charge in [0.15, 0.2) is 0 Å². The first-order chi connectivity index (χ1) is 10.7. The third kappa shape index (κ3) is 4.80. The lowest BCUT2D eigenvalue weighted by molar-refractivity contribution is 0.102. The summed E-state index contributed by atoms with van der Waals surface area (Å²) in [5.41, 5.74) is 0.721. The van der Waals surface area contributed by atoms with Gasteiger partial charge in [-0.2, -0.15) is 0 Å². The Balaban J connectivity index is 1.89. The number of carbonyl (C=O) groups is 1. The van der Waals surface area contributed by atoms with Crippen molar-refractivity contribution in [1.29, 1.82) is 0 Å². The van der Waals surface area contributed by atoms with Crippen molar-refractivity contribution in [3.05, 3.63) is 48.2 Å². The zero-order chi connectivity index (χ0) is 15.8. The van der Waals surface area contributed by atoms with Crippen molar-refractivity contribution < 1.29 is 9.18 Å². The second-order valence-corrected chi connectivity index (χ2v) is 4.88. The fraction of sp³-hybridized carbons (Fsp3) is 0.312. The predicted molar refractivity (Wildman–Crippen MR) is 84.4 cm³/mol. The molecule has 22 heavy (non-hydrogen) atoms. The fourth-order valence-corrected chi connectivity index (χ4v) is 1.86. The van der Waals surface area contributed by atoms with E-state index in [1.807, 2.05) is 0 Å². The van der Waals surface area contributed by atoms with Crippen LogP contribution in [0.25, 0.3) is 0 Å². The first-order valence-corrected chi connectivity index (χ1v) is 7.32. The van der Waals surface area contributed by atoms with Gasteiger partial charge in [0.05, 0.1) is 12.4 Å². The lowest BCUT2D eigenvalue weighted by Gasteiger charge is -2.06. The summed E-state index contributed by atoms with van der Waals surface area (Å²) in [5.74, 6) is -0.0811. The molecule has 6 heteroatoms. The number of hydrogen-bond donors (Lipinski definition) is 2. The van der Waals surface area contributed by atoms with Gasteiger partial charge in [-0.15, -0.1) is 0 Å². The molecular formula is C16H19FN4O. The van der Waals surface area contributed by atoms with Crippen molar-refractivity contribution in [3.8, 4) is 0 Å². The Labute approximate surface area is 129 Å². The van der Waals surface area contributed by atoms with Crippen LogP contribution in [0.15, 0.2) is 36.7 Å². The molecule has 0 fully saturated rings. The molecule has 1 amide bonds. The van der Waals surface area contributed by atoms with Crippen LogP contribution in [0.5, 0.6) is 0 Å². The molecule has 116 valence electrons. The third-order valence-corrected chi connectivity index (χ3v) is 3.07. The smallest absolute Gasteiger partial charge is 0.275 e. The van der Waals surface area contributed by atoms with E-state index in [9.17, 15) is 9.18 Å². The van der Waals surface area contributed by atoms with Crippen molar-refractivity contribution in [2.24, 2.45) is 0 Å². The van der Waals surface area contributed by atoms with Gasteiger partial charge in [0.2, 0.25) is 0 Å². The lowest BCUT2D eigenvalue weighted by atomic mass is 10.2. The van der Waals surface area contributed by atoms with Gasteiger partial charge in [-0.05, 0) is 30.7 Å². The van der Waals surface area contributed by atoms with Gasteiger partial charge < -0.3 is 10.6 Å². The Bertz CT molecular complexity index is 599. The van der Waals surface area contributed by atoms with E-state index in [0.29, 0.717) is 11.5 Å². The Morgan fingerprint density at radius 2 is 1.91 bits per heavy atom. The maximum Gasteiger partial charge on any atom is 0.275 e. The summed E-state index contributed by atoms with van der Waals surface area (Å²) in [6.07, 6.45) is 6.35. The molecule has 1 heterocycles. The molecular weight excluding hydrogens is 283 g/mol. The SMILES string of the molecule is CCCCCNc1cnc(C(=O)Nc2ccc(F)cc2)cn1. The van der Waals surface area contributed by atoms with Crippen LogP contribution in [0.1, 0.15) is 36.7 Å². The highest BCUT2D eigenvalue weighted by molar-refractivity contribution is 6.02. The normalized spacial score (nSPS) is 10.3. The number of anilines is 2. The highest BCUT2D eigenvalue weighted by atomic mass is 19.1. The highest BCUT2D eigenvalue weighted by Crippen LogP contribution is 2.10. The van der Waals surface area contributed by atoms with Crippen molar-refractivity contribution in [3.63, 3.8) is 0 Å². The molecule has 0 unspecified atom stereocenters. The lowest BCUT2D eigenvalue weighted by Crippen LogP contribution is -2.14. The number of unbranched alkanes of at least 4 members (excludes halogenated alkanes) is 2. The van der Waals surface area contributed by atoms with Crippen LogP contribution in [0.2, 0.25) is 0 Å². The predicted octanol–water partition coefficient (Wildman–Crippen LogP) is 3.47. The molecule has 0 atom stereocenters. The van der Waals surface area contributed by atoms with Gasteiger partial charge in [0.25, 0.3) is 5.91 Å². The molecule has 2 N–H and O–H groups in total. The first kappa shape index (κ1) is 15.9. The number of benzene rings is 1. The van der Waals surface area contributed by atoms with Crippen LogP contribution in [0.3, 0.4) is 0 Å². The minimum Gasteiger partial charge on any atom is -0.369 e. The van der Waals surface area contributed by atoms with E-state index in [0.717, 1.165) is 19.4 Å². The summed E-state index contributed by atoms with van der Waals surface area (Å²) >= 11 is 0. The maximum atomic E-state index is 12.8. The van der Waals surface area contributed by atoms with Crippen molar-refractivity contribution in [2.45, 2.75) is 26.2 Å². The highest BCUT2D eigenvalue weighted by Gasteiger charge is 2.08. The zero-order valence-electron chi connectivity index (χ0n) is 12.5. The molecule has 1 aromatic heterocycles. The van der Waals surface area contributed by atoms with Crippen LogP contribution < -0.4 is 10.6 Å². The third-order valence-electron chi connectivity index (χ3n) is 3.07. The van der Waals surface area contributed by atoms with E-state index < -0.39 is 0 Å². The second kappa shape index (κ2) is 8.07. The molecule has 0 radical (unpaired) electrons. The van der Waals surface area contributed by atoms with Gasteiger partial charge in [0.1, 0.15) is 17.3 Å². The molecule has 2 rings (SSSR count). The fourth-order valence-electron chi connectivity index (χ4n) is 1.86. The number of aromatic nitrogens is 2. The number of amides is 1. The van der Waals surface area contributed by atoms with Crippen LogP contribution in [0, 0.1) is 5.82 Å². The molecule has 0 saturated carbocycles. The monoisotopic (exact) mass is 302 g/mol. The van der Waals surface area contributed by atoms with Gasteiger partial charge in [-0.25, -0.2) is 14.4 Å². The van der Waals surface area contributed by atoms with E-state index in [1.165, 1.54) is 43.1 Å². The molecule has 0 aliphatic rings. The Kier molecular flexibility index (Phi) is 5.82. The summed E-state index contributed by atoms with van der Waals surface area (Å²) in [6, 6.07) is 5.55. The summed E-state index contributed by atoms with van der Waals surface area (Å²) in [5, 5.41) is 5.79. The Hall–Kier alpha value is -2.50. The average Bonchev–Trinajstić information content (AvgIpc) is 2.54. The first-order valence-electron chi connectivity index (χ1n) is 7.32. The van der Waals surface area contributed by atoms with Gasteiger partial charge >= 0.3 is 0 Å². The van der Waals surface area contributed by atoms with Gasteiger partial charge in [-0.3, -0.25) is 4.79 Å². The summed E-state index contributed by atoms with van der Waals surface area (Å²) in [4.78, 5) is 20.2. The molecule has 0 aliphatic heterocycles. The van der Waals surface area contributed by atoms with Gasteiger partial charge in [-0.1, -0.05) is 19.8 Å². The minimum atomic E-state index is -0.378. The van der Waals surface area contributed by atoms with Crippen molar-refractivity contribution in [1.82, 2.24) is 9.97 Å². The zero-order valence-corrected chi connectivity index (χ0v) is 12.5. The number of nitrogens with zero attached hydrogens (tertiary/aromatic N) is 2. The minimum absolute atomic E-state index is 0.212. The standard InChI is InChI=1S/C16H19FN4O/c1-2-3-4-9-18-15-11-19-14(10-20-15)16(22)21-13-7-5-12(17)6-8-13/h5-8,10-11H,2-4,9H2,1H3,(H,18,20)(H,21,22). The number of hydrogen-bond acceptors (Lipinski definition) is 4. The molecule has 2 aromatic rings. The number of nitrogens with one attached hydrogen (secondary N) is 2. The van der Waals surface area contributed by atoms with E-state index in [2.05, 4.69) is 27.5 Å². The second-order valence-electron chi connectivity index (χ2n) is 4.88. The van der Waals surface area contributed by atoms with E-state index in [4.69, 9.17) is 0 Å². The van der Waals surface area contributed by atoms with E-state index in [-0.39, 0.29) is 17.4 Å². The maximum absolute atomic E-state index is 12.8. The largest absolute Gasteiger partial charge is 0.369 e. The Morgan fingerprint density at radius 1 is 1.14 bits per heavy atom. The molecule has 5 nitrogen and oxygen atoms in total. The van der Waals surface area contributed by atoms with Crippen molar-refractivity contribution >= 4 is 17.4 Å². The Morgan fingerprint density at radius 3 is 2.55 bits per heavy atom. The van der Waals surface area contributed by atoms with E-state index >= 15 is 0 Å². The summed E-state index contributed by atoms with van der Waals surface area (Å²) in [6.45, 7) is 2.98. The molecule has 0 spiro atoms.